The topological polar surface area (TPSA) is 86.6 Å². The number of carbonyl (C=O) groups is 2. The van der Waals surface area contributed by atoms with Crippen molar-refractivity contribution in [3.8, 4) is 0 Å². The van der Waals surface area contributed by atoms with Crippen molar-refractivity contribution in [3.63, 3.8) is 0 Å². The van der Waals surface area contributed by atoms with Crippen LogP contribution in [0.1, 0.15) is 13.3 Å². The molecule has 3 N–H and O–H groups in total. The fourth-order valence-electron chi connectivity index (χ4n) is 1.11. The molecule has 1 amide bonds. The monoisotopic (exact) mass is 223 g/mol. The second kappa shape index (κ2) is 4.76. The average molecular weight is 223 g/mol. The maximum atomic E-state index is 11.4. The summed E-state index contributed by atoms with van der Waals surface area (Å²) in [5.41, 5.74) is -1.48. The van der Waals surface area contributed by atoms with Crippen LogP contribution in [-0.2, 0) is 9.59 Å². The first kappa shape index (κ1) is 12.2. The van der Waals surface area contributed by atoms with E-state index in [1.54, 1.807) is 30.3 Å². The predicted octanol–water partition coefficient (Wildman–Crippen LogP) is 0.851. The van der Waals surface area contributed by atoms with E-state index in [1.807, 2.05) is 0 Å². The standard InChI is InChI=1S/C11H13NO4/c1-11(16,10(14)15)7-9(13)12-8-5-3-2-4-6-8/h2-6,16H,7H2,1H3,(H,12,13)(H,14,15). The molecule has 0 aliphatic heterocycles. The van der Waals surface area contributed by atoms with E-state index in [0.29, 0.717) is 5.69 Å². The van der Waals surface area contributed by atoms with Crippen molar-refractivity contribution in [1.29, 1.82) is 0 Å². The molecule has 1 atom stereocenters. The summed E-state index contributed by atoms with van der Waals surface area (Å²) in [5.74, 6) is -1.96. The highest BCUT2D eigenvalue weighted by Crippen LogP contribution is 2.12. The highest BCUT2D eigenvalue weighted by atomic mass is 16.4. The Morgan fingerprint density at radius 3 is 2.38 bits per heavy atom. The van der Waals surface area contributed by atoms with E-state index < -0.39 is 23.9 Å². The molecule has 1 unspecified atom stereocenters. The number of hydrogen-bond donors (Lipinski definition) is 3. The van der Waals surface area contributed by atoms with Crippen LogP contribution in [0.2, 0.25) is 0 Å². The van der Waals surface area contributed by atoms with Crippen LogP contribution in [-0.4, -0.2) is 27.7 Å². The largest absolute Gasteiger partial charge is 0.479 e. The number of aliphatic hydroxyl groups is 1. The molecule has 1 aromatic rings. The van der Waals surface area contributed by atoms with E-state index in [9.17, 15) is 14.7 Å². The molecule has 0 saturated carbocycles. The van der Waals surface area contributed by atoms with E-state index >= 15 is 0 Å². The van der Waals surface area contributed by atoms with Crippen molar-refractivity contribution in [1.82, 2.24) is 0 Å². The number of para-hydroxylation sites is 1. The van der Waals surface area contributed by atoms with Gasteiger partial charge in [-0.25, -0.2) is 4.79 Å². The molecule has 0 aliphatic carbocycles. The summed E-state index contributed by atoms with van der Waals surface area (Å²) in [6, 6.07) is 8.62. The van der Waals surface area contributed by atoms with Gasteiger partial charge in [0.05, 0.1) is 6.42 Å². The normalized spacial score (nSPS) is 13.9. The number of anilines is 1. The zero-order valence-corrected chi connectivity index (χ0v) is 8.80. The van der Waals surface area contributed by atoms with Crippen LogP contribution in [0.5, 0.6) is 0 Å². The maximum Gasteiger partial charge on any atom is 0.335 e. The summed E-state index contributed by atoms with van der Waals surface area (Å²) in [7, 11) is 0. The minimum Gasteiger partial charge on any atom is -0.479 e. The lowest BCUT2D eigenvalue weighted by atomic mass is 10.0. The Kier molecular flexibility index (Phi) is 3.63. The predicted molar refractivity (Wildman–Crippen MR) is 57.9 cm³/mol. The maximum absolute atomic E-state index is 11.4. The summed E-state index contributed by atoms with van der Waals surface area (Å²) in [5, 5.41) is 20.5. The summed E-state index contributed by atoms with van der Waals surface area (Å²) < 4.78 is 0. The van der Waals surface area contributed by atoms with E-state index in [2.05, 4.69) is 5.32 Å². The van der Waals surface area contributed by atoms with Crippen LogP contribution in [0, 0.1) is 0 Å². The molecule has 0 heterocycles. The van der Waals surface area contributed by atoms with Crippen LogP contribution in [0.25, 0.3) is 0 Å². The van der Waals surface area contributed by atoms with Crippen molar-refractivity contribution in [2.24, 2.45) is 0 Å². The highest BCUT2D eigenvalue weighted by molar-refractivity contribution is 5.94. The van der Waals surface area contributed by atoms with Crippen LogP contribution < -0.4 is 5.32 Å². The van der Waals surface area contributed by atoms with E-state index in [1.165, 1.54) is 0 Å². The molecule has 5 nitrogen and oxygen atoms in total. The molecule has 5 heteroatoms. The molecular formula is C11H13NO4. The minimum absolute atomic E-state index is 0.489. The number of carbonyl (C=O) groups excluding carboxylic acids is 1. The zero-order chi connectivity index (χ0) is 12.2. The molecule has 1 rings (SSSR count). The summed E-state index contributed by atoms with van der Waals surface area (Å²) >= 11 is 0. The third kappa shape index (κ3) is 3.36. The summed E-state index contributed by atoms with van der Waals surface area (Å²) in [6.45, 7) is 1.08. The van der Waals surface area contributed by atoms with Gasteiger partial charge in [0, 0.05) is 5.69 Å². The first-order valence-corrected chi connectivity index (χ1v) is 4.72. The Morgan fingerprint density at radius 1 is 1.31 bits per heavy atom. The van der Waals surface area contributed by atoms with Crippen LogP contribution in [0.3, 0.4) is 0 Å². The molecule has 0 saturated heterocycles. The minimum atomic E-state index is -2.04. The van der Waals surface area contributed by atoms with E-state index in [4.69, 9.17) is 5.11 Å². The van der Waals surface area contributed by atoms with Crippen molar-refractivity contribution in [3.05, 3.63) is 30.3 Å². The smallest absolute Gasteiger partial charge is 0.335 e. The summed E-state index contributed by atoms with van der Waals surface area (Å²) in [4.78, 5) is 22.0. The SMILES string of the molecule is CC(O)(CC(=O)Nc1ccccc1)C(=O)O. The van der Waals surface area contributed by atoms with Crippen molar-refractivity contribution in [2.45, 2.75) is 18.9 Å². The lowest BCUT2D eigenvalue weighted by Gasteiger charge is -2.16. The quantitative estimate of drug-likeness (QED) is 0.706. The van der Waals surface area contributed by atoms with Gasteiger partial charge < -0.3 is 15.5 Å². The fraction of sp³-hybridized carbons (Fsp3) is 0.273. The van der Waals surface area contributed by atoms with E-state index in [-0.39, 0.29) is 0 Å². The van der Waals surface area contributed by atoms with Crippen LogP contribution in [0.15, 0.2) is 30.3 Å². The van der Waals surface area contributed by atoms with Gasteiger partial charge in [0.2, 0.25) is 5.91 Å². The van der Waals surface area contributed by atoms with Crippen LogP contribution in [0.4, 0.5) is 5.69 Å². The van der Waals surface area contributed by atoms with Gasteiger partial charge in [-0.1, -0.05) is 18.2 Å². The lowest BCUT2D eigenvalue weighted by Crippen LogP contribution is -2.38. The van der Waals surface area contributed by atoms with Gasteiger partial charge in [0.1, 0.15) is 0 Å². The molecule has 0 bridgehead atoms. The van der Waals surface area contributed by atoms with Gasteiger partial charge >= 0.3 is 5.97 Å². The number of aliphatic carboxylic acids is 1. The number of rotatable bonds is 4. The number of nitrogens with one attached hydrogen (secondary N) is 1. The first-order valence-electron chi connectivity index (χ1n) is 4.72. The van der Waals surface area contributed by atoms with Crippen LogP contribution >= 0.6 is 0 Å². The molecule has 0 spiro atoms. The Hall–Kier alpha value is -1.88. The Labute approximate surface area is 92.7 Å². The Morgan fingerprint density at radius 2 is 1.88 bits per heavy atom. The molecule has 0 aliphatic rings. The van der Waals surface area contributed by atoms with E-state index in [0.717, 1.165) is 6.92 Å². The molecule has 0 radical (unpaired) electrons. The Balaban J connectivity index is 2.58. The fourth-order valence-corrected chi connectivity index (χ4v) is 1.11. The van der Waals surface area contributed by atoms with Gasteiger partial charge in [-0.3, -0.25) is 4.79 Å². The van der Waals surface area contributed by atoms with Gasteiger partial charge in [-0.2, -0.15) is 0 Å². The molecule has 1 aromatic carbocycles. The molecule has 0 aromatic heterocycles. The molecule has 16 heavy (non-hydrogen) atoms. The molecule has 0 fully saturated rings. The molecular weight excluding hydrogens is 210 g/mol. The summed E-state index contributed by atoms with van der Waals surface area (Å²) in [6.07, 6.45) is -0.489. The number of hydrogen-bond acceptors (Lipinski definition) is 3. The first-order chi connectivity index (χ1) is 7.42. The van der Waals surface area contributed by atoms with Crippen molar-refractivity contribution in [2.75, 3.05) is 5.32 Å². The Bertz CT molecular complexity index is 386. The molecule has 86 valence electrons. The number of amides is 1. The third-order valence-corrected chi connectivity index (χ3v) is 2.02. The number of carboxylic acids is 1. The second-order valence-corrected chi connectivity index (χ2v) is 3.67. The van der Waals surface area contributed by atoms with Gasteiger partial charge in [0.15, 0.2) is 5.60 Å². The van der Waals surface area contributed by atoms with Gasteiger partial charge in [-0.15, -0.1) is 0 Å². The second-order valence-electron chi connectivity index (χ2n) is 3.67. The van der Waals surface area contributed by atoms with Crippen molar-refractivity contribution < 1.29 is 19.8 Å². The lowest BCUT2D eigenvalue weighted by molar-refractivity contribution is -0.158. The zero-order valence-electron chi connectivity index (χ0n) is 8.80. The van der Waals surface area contributed by atoms with Gasteiger partial charge in [-0.05, 0) is 19.1 Å². The van der Waals surface area contributed by atoms with Crippen molar-refractivity contribution >= 4 is 17.6 Å². The average Bonchev–Trinajstić information content (AvgIpc) is 2.17. The number of carboxylic acid groups (broad SMARTS) is 1. The van der Waals surface area contributed by atoms with Gasteiger partial charge in [0.25, 0.3) is 0 Å². The highest BCUT2D eigenvalue weighted by Gasteiger charge is 2.32. The third-order valence-electron chi connectivity index (χ3n) is 2.02. The number of benzene rings is 1.